The topological polar surface area (TPSA) is 36.3 Å². The summed E-state index contributed by atoms with van der Waals surface area (Å²) in [6.45, 7) is -1.23. The van der Waals surface area contributed by atoms with Gasteiger partial charge in [-0.05, 0) is 32.0 Å². The normalized spacial score (nSPS) is 18.3. The summed E-state index contributed by atoms with van der Waals surface area (Å²) in [6.07, 6.45) is 4.39. The number of alkyl halides is 2. The Balaban J connectivity index is 2.24. The van der Waals surface area contributed by atoms with Crippen molar-refractivity contribution in [3.63, 3.8) is 0 Å². The largest absolute Gasteiger partial charge is 0.434 e. The number of halogens is 2. The standard InChI is InChI=1S/C15H18F2N2O/c16-15(17)20-14-8-4-3-7-12(14)13(11-18)19-9-5-1-2-6-10-19/h3-4,7-8,13,15H,1-2,5-6,9-10H2. The van der Waals surface area contributed by atoms with Gasteiger partial charge in [-0.25, -0.2) is 0 Å². The summed E-state index contributed by atoms with van der Waals surface area (Å²) >= 11 is 0. The van der Waals surface area contributed by atoms with Crippen LogP contribution in [0.25, 0.3) is 0 Å². The summed E-state index contributed by atoms with van der Waals surface area (Å²) in [5.74, 6) is 0.0956. The van der Waals surface area contributed by atoms with Crippen LogP contribution in [0.1, 0.15) is 37.3 Å². The van der Waals surface area contributed by atoms with E-state index in [1.165, 1.54) is 6.07 Å². The molecule has 5 heteroatoms. The minimum absolute atomic E-state index is 0.0956. The van der Waals surface area contributed by atoms with E-state index in [1.54, 1.807) is 18.2 Å². The molecule has 1 saturated heterocycles. The number of hydrogen-bond donors (Lipinski definition) is 0. The molecule has 20 heavy (non-hydrogen) atoms. The molecule has 3 nitrogen and oxygen atoms in total. The highest BCUT2D eigenvalue weighted by atomic mass is 19.3. The molecule has 0 amide bonds. The van der Waals surface area contributed by atoms with Crippen molar-refractivity contribution in [3.8, 4) is 11.8 Å². The number of ether oxygens (including phenoxy) is 1. The molecule has 0 aliphatic carbocycles. The van der Waals surface area contributed by atoms with Crippen LogP contribution in [0.3, 0.4) is 0 Å². The van der Waals surface area contributed by atoms with Crippen molar-refractivity contribution in [1.29, 1.82) is 5.26 Å². The molecule has 1 atom stereocenters. The first kappa shape index (κ1) is 14.7. The fourth-order valence-electron chi connectivity index (χ4n) is 2.61. The van der Waals surface area contributed by atoms with Crippen LogP contribution >= 0.6 is 0 Å². The Morgan fingerprint density at radius 2 is 1.75 bits per heavy atom. The molecule has 1 aliphatic heterocycles. The van der Waals surface area contributed by atoms with Crippen LogP contribution < -0.4 is 4.74 Å². The molecule has 0 aromatic heterocycles. The molecule has 1 heterocycles. The van der Waals surface area contributed by atoms with Crippen LogP contribution in [0.15, 0.2) is 24.3 Å². The minimum Gasteiger partial charge on any atom is -0.434 e. The average molecular weight is 280 g/mol. The molecule has 1 aromatic carbocycles. The van der Waals surface area contributed by atoms with Gasteiger partial charge in [0.2, 0.25) is 0 Å². The summed E-state index contributed by atoms with van der Waals surface area (Å²) in [5.41, 5.74) is 0.525. The minimum atomic E-state index is -2.88. The molecule has 0 N–H and O–H groups in total. The van der Waals surface area contributed by atoms with E-state index in [2.05, 4.69) is 15.7 Å². The Hall–Kier alpha value is -1.67. The van der Waals surface area contributed by atoms with Crippen molar-refractivity contribution in [3.05, 3.63) is 29.8 Å². The lowest BCUT2D eigenvalue weighted by Gasteiger charge is -2.26. The fraction of sp³-hybridized carbons (Fsp3) is 0.533. The van der Waals surface area contributed by atoms with Gasteiger partial charge in [-0.2, -0.15) is 14.0 Å². The maximum atomic E-state index is 12.5. The third kappa shape index (κ3) is 3.67. The third-order valence-electron chi connectivity index (χ3n) is 3.56. The molecule has 0 saturated carbocycles. The van der Waals surface area contributed by atoms with Gasteiger partial charge in [0.25, 0.3) is 0 Å². The van der Waals surface area contributed by atoms with Gasteiger partial charge >= 0.3 is 6.61 Å². The van der Waals surface area contributed by atoms with Gasteiger partial charge in [0.15, 0.2) is 0 Å². The zero-order valence-corrected chi connectivity index (χ0v) is 11.3. The summed E-state index contributed by atoms with van der Waals surface area (Å²) in [6, 6.07) is 8.27. The first-order valence-electron chi connectivity index (χ1n) is 6.90. The Bertz CT molecular complexity index is 465. The van der Waals surface area contributed by atoms with Crippen molar-refractivity contribution in [2.45, 2.75) is 38.3 Å². The first-order valence-corrected chi connectivity index (χ1v) is 6.90. The van der Waals surface area contributed by atoms with E-state index in [1.807, 2.05) is 0 Å². The highest BCUT2D eigenvalue weighted by molar-refractivity contribution is 5.38. The molecule has 0 bridgehead atoms. The van der Waals surface area contributed by atoms with Crippen LogP contribution in [0, 0.1) is 11.3 Å². The van der Waals surface area contributed by atoms with E-state index >= 15 is 0 Å². The smallest absolute Gasteiger partial charge is 0.387 e. The van der Waals surface area contributed by atoms with Gasteiger partial charge in [-0.3, -0.25) is 4.90 Å². The fourth-order valence-corrected chi connectivity index (χ4v) is 2.61. The second kappa shape index (κ2) is 7.20. The molecule has 2 rings (SSSR count). The average Bonchev–Trinajstić information content (AvgIpc) is 2.70. The molecule has 1 unspecified atom stereocenters. The Labute approximate surface area is 117 Å². The van der Waals surface area contributed by atoms with E-state index in [-0.39, 0.29) is 5.75 Å². The summed E-state index contributed by atoms with van der Waals surface area (Å²) in [7, 11) is 0. The monoisotopic (exact) mass is 280 g/mol. The summed E-state index contributed by atoms with van der Waals surface area (Å²) in [4.78, 5) is 2.06. The van der Waals surface area contributed by atoms with Gasteiger partial charge in [0.05, 0.1) is 6.07 Å². The Morgan fingerprint density at radius 3 is 2.35 bits per heavy atom. The number of rotatable bonds is 4. The number of benzene rings is 1. The van der Waals surface area contributed by atoms with Crippen molar-refractivity contribution in [2.24, 2.45) is 0 Å². The quantitative estimate of drug-likeness (QED) is 0.843. The van der Waals surface area contributed by atoms with Crippen LogP contribution in [0.4, 0.5) is 8.78 Å². The van der Waals surface area contributed by atoms with Crippen molar-refractivity contribution in [2.75, 3.05) is 13.1 Å². The molecule has 1 aromatic rings. The molecular weight excluding hydrogens is 262 g/mol. The van der Waals surface area contributed by atoms with Gasteiger partial charge in [0.1, 0.15) is 11.8 Å². The zero-order chi connectivity index (χ0) is 14.4. The molecule has 1 fully saturated rings. The van der Waals surface area contributed by atoms with Crippen LogP contribution in [0.2, 0.25) is 0 Å². The van der Waals surface area contributed by atoms with E-state index in [0.29, 0.717) is 5.56 Å². The van der Waals surface area contributed by atoms with Crippen LogP contribution in [0.5, 0.6) is 5.75 Å². The second-order valence-electron chi connectivity index (χ2n) is 4.90. The number of nitriles is 1. The van der Waals surface area contributed by atoms with E-state index in [9.17, 15) is 14.0 Å². The number of para-hydroxylation sites is 1. The SMILES string of the molecule is N#CC(c1ccccc1OC(F)F)N1CCCCCC1. The maximum absolute atomic E-state index is 12.5. The van der Waals surface area contributed by atoms with E-state index < -0.39 is 12.7 Å². The van der Waals surface area contributed by atoms with Gasteiger partial charge < -0.3 is 4.74 Å². The highest BCUT2D eigenvalue weighted by Crippen LogP contribution is 2.31. The zero-order valence-electron chi connectivity index (χ0n) is 11.3. The van der Waals surface area contributed by atoms with Crippen LogP contribution in [-0.4, -0.2) is 24.6 Å². The highest BCUT2D eigenvalue weighted by Gasteiger charge is 2.24. The third-order valence-corrected chi connectivity index (χ3v) is 3.56. The van der Waals surface area contributed by atoms with Gasteiger partial charge in [-0.15, -0.1) is 0 Å². The molecule has 1 aliphatic rings. The van der Waals surface area contributed by atoms with Crippen molar-refractivity contribution < 1.29 is 13.5 Å². The molecule has 0 spiro atoms. The van der Waals surface area contributed by atoms with Gasteiger partial charge in [0, 0.05) is 5.56 Å². The Kier molecular flexibility index (Phi) is 5.31. The lowest BCUT2D eigenvalue weighted by Crippen LogP contribution is -2.29. The maximum Gasteiger partial charge on any atom is 0.387 e. The summed E-state index contributed by atoms with van der Waals surface area (Å²) < 4.78 is 29.5. The number of likely N-dealkylation sites (tertiary alicyclic amines) is 1. The number of hydrogen-bond acceptors (Lipinski definition) is 3. The van der Waals surface area contributed by atoms with Gasteiger partial charge in [-0.1, -0.05) is 31.0 Å². The number of nitrogens with zero attached hydrogens (tertiary/aromatic N) is 2. The predicted molar refractivity (Wildman–Crippen MR) is 71.5 cm³/mol. The molecular formula is C15H18F2N2O. The lowest BCUT2D eigenvalue weighted by atomic mass is 10.0. The predicted octanol–water partition coefficient (Wildman–Crippen LogP) is 3.73. The second-order valence-corrected chi connectivity index (χ2v) is 4.90. The van der Waals surface area contributed by atoms with E-state index in [4.69, 9.17) is 0 Å². The van der Waals surface area contributed by atoms with Crippen molar-refractivity contribution >= 4 is 0 Å². The lowest BCUT2D eigenvalue weighted by molar-refractivity contribution is -0.0509. The van der Waals surface area contributed by atoms with Crippen molar-refractivity contribution in [1.82, 2.24) is 4.90 Å². The summed E-state index contributed by atoms with van der Waals surface area (Å²) in [5, 5.41) is 9.45. The van der Waals surface area contributed by atoms with E-state index in [0.717, 1.165) is 38.8 Å². The van der Waals surface area contributed by atoms with Crippen LogP contribution in [-0.2, 0) is 0 Å². The molecule has 108 valence electrons. The first-order chi connectivity index (χ1) is 9.72. The molecule has 0 radical (unpaired) electrons. The Morgan fingerprint density at radius 1 is 1.10 bits per heavy atom.